The minimum absolute atomic E-state index is 0.494. The molecule has 0 aliphatic heterocycles. The molecule has 1 rings (SSSR count). The summed E-state index contributed by atoms with van der Waals surface area (Å²) in [5.74, 6) is 0. The van der Waals surface area contributed by atoms with Crippen molar-refractivity contribution in [3.05, 3.63) is 24.3 Å². The third-order valence-electron chi connectivity index (χ3n) is 1.15. The molecule has 0 heterocycles. The van der Waals surface area contributed by atoms with E-state index in [0.29, 0.717) is 11.4 Å². The molecule has 0 fully saturated rings. The lowest BCUT2D eigenvalue weighted by Crippen LogP contribution is -2.72. The van der Waals surface area contributed by atoms with Crippen molar-refractivity contribution in [1.29, 1.82) is 0 Å². The Balaban J connectivity index is 2.83. The summed E-state index contributed by atoms with van der Waals surface area (Å²) in [7, 11) is 0. The highest BCUT2D eigenvalue weighted by Crippen LogP contribution is 2.09. The van der Waals surface area contributed by atoms with Crippen molar-refractivity contribution in [2.45, 2.75) is 0 Å². The Morgan fingerprint density at radius 3 is 3.00 bits per heavy atom. The van der Waals surface area contributed by atoms with Gasteiger partial charge >= 0.3 is 0 Å². The summed E-state index contributed by atoms with van der Waals surface area (Å²) in [5, 5.41) is 1.18. The van der Waals surface area contributed by atoms with Crippen molar-refractivity contribution in [1.82, 2.24) is 0 Å². The molecule has 48 valence electrons. The van der Waals surface area contributed by atoms with Crippen LogP contribution in [-0.4, -0.2) is 6.98 Å². The Morgan fingerprint density at radius 1 is 1.56 bits per heavy atom. The maximum Gasteiger partial charge on any atom is 0.152 e. The molecule has 0 saturated carbocycles. The largest absolute Gasteiger partial charge is 0.394 e. The zero-order valence-corrected chi connectivity index (χ0v) is 4.96. The molecule has 1 aromatic carbocycles. The molecule has 0 radical (unpaired) electrons. The molecule has 0 spiro atoms. The molecule has 0 aliphatic carbocycles. The van der Waals surface area contributed by atoms with Gasteiger partial charge in [-0.2, -0.15) is 0 Å². The van der Waals surface area contributed by atoms with Crippen LogP contribution in [0.3, 0.4) is 0 Å². The van der Waals surface area contributed by atoms with Gasteiger partial charge in [-0.15, -0.1) is 0 Å². The van der Waals surface area contributed by atoms with Gasteiger partial charge < -0.3 is 11.1 Å². The summed E-state index contributed by atoms with van der Waals surface area (Å²) in [6, 6.07) is 6.89. The van der Waals surface area contributed by atoms with Crippen LogP contribution in [0.1, 0.15) is 4.11 Å². The maximum atomic E-state index is 6.99. The molecule has 4 N–H and O–H groups in total. The van der Waals surface area contributed by atoms with Gasteiger partial charge in [-0.3, -0.25) is 0 Å². The molecule has 0 unspecified atom stereocenters. The van der Waals surface area contributed by atoms with Crippen molar-refractivity contribution in [3.8, 4) is 0 Å². The Hall–Kier alpha value is -1.02. The lowest BCUT2D eigenvalue weighted by atomic mass is 10.3. The van der Waals surface area contributed by atoms with Gasteiger partial charge in [0.15, 0.2) is 5.69 Å². The standard InChI is InChI=1S/C7H10N2/c1-9-7-5-3-2-4-6(7)8/h2-5,9H,8H2,1H3/p+1/i1D3. The van der Waals surface area contributed by atoms with E-state index in [-0.39, 0.29) is 0 Å². The second kappa shape index (κ2) is 2.51. The Bertz CT molecular complexity index is 270. The predicted octanol–water partition coefficient (Wildman–Crippen LogP) is 0.0935. The Kier molecular flexibility index (Phi) is 0.898. The molecule has 0 saturated heterocycles. The first-order chi connectivity index (χ1) is 5.49. The molecule has 1 aromatic rings. The first-order valence-electron chi connectivity index (χ1n) is 4.19. The summed E-state index contributed by atoms with van der Waals surface area (Å²) < 4.78 is 21.0. The fourth-order valence-electron chi connectivity index (χ4n) is 0.642. The van der Waals surface area contributed by atoms with E-state index in [1.807, 2.05) is 0 Å². The van der Waals surface area contributed by atoms with Gasteiger partial charge in [-0.25, -0.2) is 0 Å². The molecule has 2 heteroatoms. The van der Waals surface area contributed by atoms with Crippen molar-refractivity contribution in [3.63, 3.8) is 0 Å². The van der Waals surface area contributed by atoms with Gasteiger partial charge in [0, 0.05) is 6.07 Å². The van der Waals surface area contributed by atoms with Crippen LogP contribution in [0, 0.1) is 0 Å². The zero-order valence-electron chi connectivity index (χ0n) is 7.96. The number of nitrogens with two attached hydrogens (primary N) is 2. The Morgan fingerprint density at radius 2 is 2.33 bits per heavy atom. The minimum Gasteiger partial charge on any atom is -0.394 e. The van der Waals surface area contributed by atoms with E-state index in [4.69, 9.17) is 9.85 Å². The second-order valence-corrected chi connectivity index (χ2v) is 1.77. The van der Waals surface area contributed by atoms with Gasteiger partial charge in [-0.1, -0.05) is 12.1 Å². The third kappa shape index (κ3) is 1.21. The van der Waals surface area contributed by atoms with E-state index < -0.39 is 6.98 Å². The SMILES string of the molecule is [2H]C([2H])([2H])[NH2+]c1ccccc1N. The summed E-state index contributed by atoms with van der Waals surface area (Å²) in [6.07, 6.45) is 0. The molecular weight excluding hydrogens is 112 g/mol. The molecule has 0 aliphatic rings. The van der Waals surface area contributed by atoms with E-state index in [2.05, 4.69) is 0 Å². The zero-order chi connectivity index (χ0) is 9.19. The normalized spacial score (nSPS) is 15.8. The first-order valence-corrected chi connectivity index (χ1v) is 2.69. The van der Waals surface area contributed by atoms with E-state index in [0.717, 1.165) is 0 Å². The molecule has 2 nitrogen and oxygen atoms in total. The molecule has 0 atom stereocenters. The average molecular weight is 126 g/mol. The molecule has 0 amide bonds. The van der Waals surface area contributed by atoms with E-state index in [1.54, 1.807) is 24.3 Å². The van der Waals surface area contributed by atoms with Crippen LogP contribution in [-0.2, 0) is 0 Å². The van der Waals surface area contributed by atoms with Crippen molar-refractivity contribution in [2.24, 2.45) is 0 Å². The van der Waals surface area contributed by atoms with Gasteiger partial charge in [0.05, 0.1) is 16.8 Å². The number of rotatable bonds is 1. The number of quaternary nitrogens is 1. The third-order valence-corrected chi connectivity index (χ3v) is 1.15. The summed E-state index contributed by atoms with van der Waals surface area (Å²) in [5.41, 5.74) is 6.61. The highest BCUT2D eigenvalue weighted by molar-refractivity contribution is 5.56. The molecule has 0 bridgehead atoms. The van der Waals surface area contributed by atoms with Crippen LogP contribution in [0.5, 0.6) is 0 Å². The van der Waals surface area contributed by atoms with E-state index in [9.17, 15) is 0 Å². The number of para-hydroxylation sites is 2. The summed E-state index contributed by atoms with van der Waals surface area (Å²) in [4.78, 5) is 0. The average Bonchev–Trinajstić information content (AvgIpc) is 1.91. The second-order valence-electron chi connectivity index (χ2n) is 1.77. The van der Waals surface area contributed by atoms with Crippen LogP contribution < -0.4 is 11.1 Å². The minimum atomic E-state index is -2.06. The lowest BCUT2D eigenvalue weighted by molar-refractivity contribution is -0.538. The number of hydrogen-bond donors (Lipinski definition) is 2. The maximum absolute atomic E-state index is 6.99. The monoisotopic (exact) mass is 126 g/mol. The number of nitrogen functional groups attached to an aromatic ring is 1. The van der Waals surface area contributed by atoms with Crippen LogP contribution in [0.2, 0.25) is 0 Å². The fraction of sp³-hybridized carbons (Fsp3) is 0.143. The van der Waals surface area contributed by atoms with Gasteiger partial charge in [-0.05, 0) is 6.07 Å². The van der Waals surface area contributed by atoms with Gasteiger partial charge in [0.1, 0.15) is 0 Å². The van der Waals surface area contributed by atoms with Gasteiger partial charge in [0.2, 0.25) is 0 Å². The first kappa shape index (κ1) is 3.22. The van der Waals surface area contributed by atoms with Gasteiger partial charge in [0.25, 0.3) is 0 Å². The van der Waals surface area contributed by atoms with Crippen molar-refractivity contribution >= 4 is 11.4 Å². The molecule has 0 aromatic heterocycles. The highest BCUT2D eigenvalue weighted by Gasteiger charge is 1.94. The number of benzene rings is 1. The van der Waals surface area contributed by atoms with Crippen LogP contribution >= 0.6 is 0 Å². The topological polar surface area (TPSA) is 42.6 Å². The number of hydrogen-bond acceptors (Lipinski definition) is 1. The van der Waals surface area contributed by atoms with Crippen LogP contribution in [0.4, 0.5) is 11.4 Å². The summed E-state index contributed by atoms with van der Waals surface area (Å²) >= 11 is 0. The van der Waals surface area contributed by atoms with Crippen molar-refractivity contribution < 1.29 is 9.43 Å². The summed E-state index contributed by atoms with van der Waals surface area (Å²) in [6.45, 7) is -2.06. The quantitative estimate of drug-likeness (QED) is 0.515. The predicted molar refractivity (Wildman–Crippen MR) is 38.4 cm³/mol. The molecular formula is C7H11N2+. The Labute approximate surface area is 58.9 Å². The van der Waals surface area contributed by atoms with Crippen molar-refractivity contribution in [2.75, 3.05) is 12.7 Å². The lowest BCUT2D eigenvalue weighted by Gasteiger charge is -1.96. The van der Waals surface area contributed by atoms with E-state index in [1.165, 1.54) is 5.32 Å². The van der Waals surface area contributed by atoms with Crippen LogP contribution in [0.15, 0.2) is 24.3 Å². The highest BCUT2D eigenvalue weighted by atomic mass is 14.8. The number of anilines is 1. The fourth-order valence-corrected chi connectivity index (χ4v) is 0.642. The smallest absolute Gasteiger partial charge is 0.152 e. The van der Waals surface area contributed by atoms with Crippen LogP contribution in [0.25, 0.3) is 0 Å². The molecule has 9 heavy (non-hydrogen) atoms. The van der Waals surface area contributed by atoms with E-state index >= 15 is 0 Å².